The monoisotopic (exact) mass is 209 g/mol. The molecule has 84 valence electrons. The van der Waals surface area contributed by atoms with Crippen molar-refractivity contribution < 1.29 is 4.79 Å². The molecule has 0 aliphatic rings. The summed E-state index contributed by atoms with van der Waals surface area (Å²) in [4.78, 5) is 11.0. The molecule has 1 amide bonds. The van der Waals surface area contributed by atoms with Crippen LogP contribution in [0.5, 0.6) is 0 Å². The molecule has 0 unspecified atom stereocenters. The van der Waals surface area contributed by atoms with E-state index in [2.05, 4.69) is 27.5 Å². The van der Waals surface area contributed by atoms with Crippen LogP contribution in [0.25, 0.3) is 0 Å². The fourth-order valence-corrected chi connectivity index (χ4v) is 1.54. The second-order valence-electron chi connectivity index (χ2n) is 3.50. The van der Waals surface area contributed by atoms with E-state index >= 15 is 0 Å². The molecule has 0 aliphatic carbocycles. The van der Waals surface area contributed by atoms with Crippen LogP contribution >= 0.6 is 0 Å². The van der Waals surface area contributed by atoms with Gasteiger partial charge in [-0.3, -0.25) is 4.79 Å². The van der Waals surface area contributed by atoms with Gasteiger partial charge in [0.1, 0.15) is 0 Å². The van der Waals surface area contributed by atoms with Crippen LogP contribution in [0.4, 0.5) is 0 Å². The van der Waals surface area contributed by atoms with Gasteiger partial charge in [0.15, 0.2) is 0 Å². The van der Waals surface area contributed by atoms with Gasteiger partial charge in [-0.1, -0.05) is 0 Å². The molecule has 0 spiro atoms. The van der Waals surface area contributed by atoms with Gasteiger partial charge in [0.2, 0.25) is 5.91 Å². The summed E-state index contributed by atoms with van der Waals surface area (Å²) in [6.07, 6.45) is 3.52. The summed E-state index contributed by atoms with van der Waals surface area (Å²) in [7, 11) is 3.60. The highest BCUT2D eigenvalue weighted by Crippen LogP contribution is 2.04. The number of aromatic nitrogens is 1. The van der Waals surface area contributed by atoms with Gasteiger partial charge in [-0.25, -0.2) is 0 Å². The molecule has 0 aromatic carbocycles. The Labute approximate surface area is 90.7 Å². The van der Waals surface area contributed by atoms with Crippen molar-refractivity contribution in [3.05, 3.63) is 24.0 Å². The Morgan fingerprint density at radius 2 is 2.27 bits per heavy atom. The third-order valence-corrected chi connectivity index (χ3v) is 2.36. The Morgan fingerprint density at radius 3 is 2.93 bits per heavy atom. The van der Waals surface area contributed by atoms with Gasteiger partial charge in [0.25, 0.3) is 0 Å². The second-order valence-corrected chi connectivity index (χ2v) is 3.50. The van der Waals surface area contributed by atoms with Crippen LogP contribution in [-0.4, -0.2) is 24.6 Å². The van der Waals surface area contributed by atoms with Crippen molar-refractivity contribution in [3.8, 4) is 0 Å². The Morgan fingerprint density at radius 1 is 1.47 bits per heavy atom. The third-order valence-electron chi connectivity index (χ3n) is 2.36. The van der Waals surface area contributed by atoms with E-state index in [9.17, 15) is 4.79 Å². The minimum Gasteiger partial charge on any atom is -0.359 e. The van der Waals surface area contributed by atoms with Crippen LogP contribution in [0.15, 0.2) is 18.3 Å². The standard InChI is InChI=1S/C11H19N3O/c1-12-9-10-5-3-7-14(10)8-4-6-11(15)13-2/h3,5,7,12H,4,6,8-9H2,1-2H3,(H,13,15). The summed E-state index contributed by atoms with van der Waals surface area (Å²) < 4.78 is 2.18. The van der Waals surface area contributed by atoms with E-state index in [1.807, 2.05) is 13.1 Å². The van der Waals surface area contributed by atoms with Crippen LogP contribution < -0.4 is 10.6 Å². The number of nitrogens with zero attached hydrogens (tertiary/aromatic N) is 1. The zero-order chi connectivity index (χ0) is 11.1. The quantitative estimate of drug-likeness (QED) is 0.725. The summed E-state index contributed by atoms with van der Waals surface area (Å²) in [6, 6.07) is 4.13. The van der Waals surface area contributed by atoms with Crippen LogP contribution in [0.2, 0.25) is 0 Å². The minimum absolute atomic E-state index is 0.109. The molecule has 1 rings (SSSR count). The zero-order valence-corrected chi connectivity index (χ0v) is 9.42. The number of aryl methyl sites for hydroxylation is 1. The van der Waals surface area contributed by atoms with Crippen LogP contribution in [0.1, 0.15) is 18.5 Å². The molecular formula is C11H19N3O. The lowest BCUT2D eigenvalue weighted by molar-refractivity contribution is -0.120. The van der Waals surface area contributed by atoms with Gasteiger partial charge < -0.3 is 15.2 Å². The number of hydrogen-bond donors (Lipinski definition) is 2. The topological polar surface area (TPSA) is 46.1 Å². The summed E-state index contributed by atoms with van der Waals surface area (Å²) >= 11 is 0. The van der Waals surface area contributed by atoms with Crippen LogP contribution in [-0.2, 0) is 17.9 Å². The molecule has 4 nitrogen and oxygen atoms in total. The number of rotatable bonds is 6. The average Bonchev–Trinajstić information content (AvgIpc) is 2.66. The maximum Gasteiger partial charge on any atom is 0.219 e. The van der Waals surface area contributed by atoms with Gasteiger partial charge in [0, 0.05) is 38.4 Å². The van der Waals surface area contributed by atoms with Gasteiger partial charge in [0.05, 0.1) is 0 Å². The smallest absolute Gasteiger partial charge is 0.219 e. The van der Waals surface area contributed by atoms with E-state index < -0.39 is 0 Å². The molecule has 0 saturated heterocycles. The molecule has 0 atom stereocenters. The highest BCUT2D eigenvalue weighted by Gasteiger charge is 2.01. The summed E-state index contributed by atoms with van der Waals surface area (Å²) in [6.45, 7) is 1.77. The molecule has 0 saturated carbocycles. The molecule has 0 aliphatic heterocycles. The average molecular weight is 209 g/mol. The van der Waals surface area contributed by atoms with Crippen molar-refractivity contribution in [2.45, 2.75) is 25.9 Å². The Hall–Kier alpha value is -1.29. The van der Waals surface area contributed by atoms with Crippen LogP contribution in [0, 0.1) is 0 Å². The fraction of sp³-hybridized carbons (Fsp3) is 0.545. The molecule has 0 bridgehead atoms. The van der Waals surface area contributed by atoms with Crippen molar-refractivity contribution in [1.82, 2.24) is 15.2 Å². The normalized spacial score (nSPS) is 10.3. The molecule has 2 N–H and O–H groups in total. The Balaban J connectivity index is 2.36. The zero-order valence-electron chi connectivity index (χ0n) is 9.42. The SMILES string of the molecule is CNCc1cccn1CCCC(=O)NC. The Kier molecular flexibility index (Phi) is 4.90. The van der Waals surface area contributed by atoms with E-state index in [0.717, 1.165) is 19.5 Å². The van der Waals surface area contributed by atoms with Crippen molar-refractivity contribution in [1.29, 1.82) is 0 Å². The maximum atomic E-state index is 11.0. The predicted molar refractivity (Wildman–Crippen MR) is 60.5 cm³/mol. The minimum atomic E-state index is 0.109. The van der Waals surface area contributed by atoms with Gasteiger partial charge in [-0.05, 0) is 25.6 Å². The van der Waals surface area contributed by atoms with E-state index in [0.29, 0.717) is 6.42 Å². The summed E-state index contributed by atoms with van der Waals surface area (Å²) in [5.41, 5.74) is 1.26. The van der Waals surface area contributed by atoms with Gasteiger partial charge in [-0.2, -0.15) is 0 Å². The second kappa shape index (κ2) is 6.24. The first-order valence-corrected chi connectivity index (χ1v) is 5.27. The van der Waals surface area contributed by atoms with E-state index in [1.54, 1.807) is 7.05 Å². The molecule has 0 fully saturated rings. The lowest BCUT2D eigenvalue weighted by Gasteiger charge is -2.08. The molecule has 1 aromatic heterocycles. The first kappa shape index (κ1) is 11.8. The molecule has 4 heteroatoms. The fourth-order valence-electron chi connectivity index (χ4n) is 1.54. The number of hydrogen-bond acceptors (Lipinski definition) is 2. The maximum absolute atomic E-state index is 11.0. The van der Waals surface area contributed by atoms with Crippen molar-refractivity contribution in [2.75, 3.05) is 14.1 Å². The van der Waals surface area contributed by atoms with E-state index in [1.165, 1.54) is 5.69 Å². The lowest BCUT2D eigenvalue weighted by Crippen LogP contribution is -2.18. The molecule has 15 heavy (non-hydrogen) atoms. The third kappa shape index (κ3) is 3.75. The van der Waals surface area contributed by atoms with Crippen LogP contribution in [0.3, 0.4) is 0 Å². The van der Waals surface area contributed by atoms with E-state index in [-0.39, 0.29) is 5.91 Å². The highest BCUT2D eigenvalue weighted by molar-refractivity contribution is 5.75. The predicted octanol–water partition coefficient (Wildman–Crippen LogP) is 0.734. The first-order chi connectivity index (χ1) is 7.27. The number of carbonyl (C=O) groups excluding carboxylic acids is 1. The molecule has 1 aromatic rings. The van der Waals surface area contributed by atoms with Crippen molar-refractivity contribution in [2.24, 2.45) is 0 Å². The largest absolute Gasteiger partial charge is 0.359 e. The summed E-state index contributed by atoms with van der Waals surface area (Å²) in [5.74, 6) is 0.109. The van der Waals surface area contributed by atoms with Gasteiger partial charge in [-0.15, -0.1) is 0 Å². The number of amides is 1. The Bertz CT molecular complexity index is 307. The van der Waals surface area contributed by atoms with Crippen molar-refractivity contribution in [3.63, 3.8) is 0 Å². The van der Waals surface area contributed by atoms with E-state index in [4.69, 9.17) is 0 Å². The summed E-state index contributed by atoms with van der Waals surface area (Å²) in [5, 5.41) is 5.75. The number of carbonyl (C=O) groups is 1. The molecular weight excluding hydrogens is 190 g/mol. The first-order valence-electron chi connectivity index (χ1n) is 5.27. The molecule has 0 radical (unpaired) electrons. The number of nitrogens with one attached hydrogen (secondary N) is 2. The lowest BCUT2D eigenvalue weighted by atomic mass is 10.3. The van der Waals surface area contributed by atoms with Crippen molar-refractivity contribution >= 4 is 5.91 Å². The van der Waals surface area contributed by atoms with Gasteiger partial charge >= 0.3 is 0 Å². The molecule has 1 heterocycles. The highest BCUT2D eigenvalue weighted by atomic mass is 16.1.